The molecule has 2 N–H and O–H groups in total. The predicted molar refractivity (Wildman–Crippen MR) is 110 cm³/mol. The number of rotatable bonds is 8. The third-order valence-corrected chi connectivity index (χ3v) is 6.51. The molecule has 2 aliphatic rings. The zero-order chi connectivity index (χ0) is 18.6. The van der Waals surface area contributed by atoms with Gasteiger partial charge >= 0.3 is 0 Å². The van der Waals surface area contributed by atoms with Crippen LogP contribution < -0.4 is 10.1 Å². The van der Waals surface area contributed by atoms with Gasteiger partial charge in [0.1, 0.15) is 18.5 Å². The minimum atomic E-state index is -0.486. The first-order valence-electron chi connectivity index (χ1n) is 10.4. The Morgan fingerprint density at radius 2 is 1.74 bits per heavy atom. The lowest BCUT2D eigenvalue weighted by Crippen LogP contribution is -2.41. The van der Waals surface area contributed by atoms with Gasteiger partial charge < -0.3 is 15.2 Å². The monoisotopic (exact) mass is 365 g/mol. The molecule has 27 heavy (non-hydrogen) atoms. The van der Waals surface area contributed by atoms with Gasteiger partial charge in [-0.3, -0.25) is 0 Å². The molecule has 2 bridgehead atoms. The minimum Gasteiger partial charge on any atom is -0.491 e. The molecular formula is C24H31NO2. The van der Waals surface area contributed by atoms with Crippen molar-refractivity contribution >= 4 is 0 Å². The zero-order valence-electron chi connectivity index (χ0n) is 16.2. The van der Waals surface area contributed by atoms with E-state index in [0.29, 0.717) is 19.2 Å². The quantitative estimate of drug-likeness (QED) is 0.723. The summed E-state index contributed by atoms with van der Waals surface area (Å²) in [4.78, 5) is 0. The lowest BCUT2D eigenvalue weighted by molar-refractivity contribution is 0.0993. The predicted octanol–water partition coefficient (Wildman–Crippen LogP) is 4.51. The number of aliphatic hydroxyl groups is 1. The summed E-state index contributed by atoms with van der Waals surface area (Å²) in [7, 11) is 0. The average molecular weight is 366 g/mol. The molecule has 0 aromatic heterocycles. The second kappa shape index (κ2) is 8.45. The maximum Gasteiger partial charge on any atom is 0.119 e. The fraction of sp³-hybridized carbons (Fsp3) is 0.500. The van der Waals surface area contributed by atoms with Gasteiger partial charge in [-0.1, -0.05) is 48.9 Å². The SMILES string of the molecule is C[C@@H](NC[C@@H](O)COc1ccc(-c2ccccc2)cc1)[C@@H]1C[C@@H]2CC[C@@H]1C2. The smallest absolute Gasteiger partial charge is 0.119 e. The standard InChI is InChI=1S/C24H31NO2/c1-17(24-14-18-7-8-21(24)13-18)25-15-22(26)16-27-23-11-9-20(10-12-23)19-5-3-2-4-6-19/h2-6,9-12,17-18,21-22,24-26H,7-8,13-16H2,1H3/t17-,18-,21-,22-,24+/m1/s1. The maximum absolute atomic E-state index is 10.3. The number of aliphatic hydroxyl groups excluding tert-OH is 1. The van der Waals surface area contributed by atoms with Gasteiger partial charge in [-0.2, -0.15) is 0 Å². The van der Waals surface area contributed by atoms with Crippen molar-refractivity contribution in [1.29, 1.82) is 0 Å². The second-order valence-corrected chi connectivity index (χ2v) is 8.39. The first-order valence-corrected chi connectivity index (χ1v) is 10.4. The lowest BCUT2D eigenvalue weighted by Gasteiger charge is -2.29. The van der Waals surface area contributed by atoms with E-state index in [9.17, 15) is 5.11 Å². The molecule has 0 heterocycles. The number of ether oxygens (including phenoxy) is 1. The molecule has 0 aliphatic heterocycles. The normalized spacial score (nSPS) is 26.1. The van der Waals surface area contributed by atoms with Gasteiger partial charge in [-0.05, 0) is 67.2 Å². The number of hydrogen-bond acceptors (Lipinski definition) is 3. The van der Waals surface area contributed by atoms with E-state index < -0.39 is 6.10 Å². The van der Waals surface area contributed by atoms with E-state index >= 15 is 0 Å². The topological polar surface area (TPSA) is 41.5 Å². The van der Waals surface area contributed by atoms with E-state index in [1.54, 1.807) is 0 Å². The molecule has 0 saturated heterocycles. The molecule has 144 valence electrons. The summed E-state index contributed by atoms with van der Waals surface area (Å²) in [6.45, 7) is 3.19. The van der Waals surface area contributed by atoms with Crippen molar-refractivity contribution in [3.05, 3.63) is 54.6 Å². The van der Waals surface area contributed by atoms with Crippen molar-refractivity contribution in [3.8, 4) is 16.9 Å². The highest BCUT2D eigenvalue weighted by atomic mass is 16.5. The highest BCUT2D eigenvalue weighted by Crippen LogP contribution is 2.49. The van der Waals surface area contributed by atoms with Crippen molar-refractivity contribution in [1.82, 2.24) is 5.32 Å². The van der Waals surface area contributed by atoms with E-state index in [2.05, 4.69) is 36.5 Å². The molecule has 2 aromatic rings. The Hall–Kier alpha value is -1.84. The van der Waals surface area contributed by atoms with E-state index in [4.69, 9.17) is 4.74 Å². The summed E-state index contributed by atoms with van der Waals surface area (Å²) in [5.41, 5.74) is 2.37. The number of nitrogens with one attached hydrogen (secondary N) is 1. The average Bonchev–Trinajstić information content (AvgIpc) is 3.35. The van der Waals surface area contributed by atoms with Crippen LogP contribution in [0.1, 0.15) is 32.6 Å². The summed E-state index contributed by atoms with van der Waals surface area (Å²) in [6, 6.07) is 18.9. The first-order chi connectivity index (χ1) is 13.2. The number of hydrogen-bond donors (Lipinski definition) is 2. The molecule has 2 fully saturated rings. The molecule has 0 spiro atoms. The third kappa shape index (κ3) is 4.53. The van der Waals surface area contributed by atoms with Crippen LogP contribution in [-0.2, 0) is 0 Å². The Morgan fingerprint density at radius 3 is 2.41 bits per heavy atom. The van der Waals surface area contributed by atoms with Gasteiger partial charge in [-0.15, -0.1) is 0 Å². The fourth-order valence-corrected chi connectivity index (χ4v) is 5.01. The largest absolute Gasteiger partial charge is 0.491 e. The van der Waals surface area contributed by atoms with E-state index in [-0.39, 0.29) is 0 Å². The molecule has 0 unspecified atom stereocenters. The highest BCUT2D eigenvalue weighted by molar-refractivity contribution is 5.63. The van der Waals surface area contributed by atoms with Crippen LogP contribution in [0.4, 0.5) is 0 Å². The Kier molecular flexibility index (Phi) is 5.80. The van der Waals surface area contributed by atoms with Crippen LogP contribution in [0.5, 0.6) is 5.75 Å². The van der Waals surface area contributed by atoms with Crippen LogP contribution in [0.15, 0.2) is 54.6 Å². The fourth-order valence-electron chi connectivity index (χ4n) is 5.01. The molecule has 0 amide bonds. The van der Waals surface area contributed by atoms with Crippen LogP contribution in [0.2, 0.25) is 0 Å². The van der Waals surface area contributed by atoms with Crippen molar-refractivity contribution in [3.63, 3.8) is 0 Å². The molecule has 3 nitrogen and oxygen atoms in total. The molecule has 0 radical (unpaired) electrons. The summed E-state index contributed by atoms with van der Waals surface area (Å²) in [5.74, 6) is 3.47. The third-order valence-electron chi connectivity index (χ3n) is 6.51. The van der Waals surface area contributed by atoms with E-state index in [0.717, 1.165) is 23.5 Å². The number of fused-ring (bicyclic) bond motifs is 2. The number of benzene rings is 2. The second-order valence-electron chi connectivity index (χ2n) is 8.39. The van der Waals surface area contributed by atoms with Crippen LogP contribution >= 0.6 is 0 Å². The molecule has 2 aromatic carbocycles. The lowest BCUT2D eigenvalue weighted by atomic mass is 9.84. The summed E-state index contributed by atoms with van der Waals surface area (Å²) in [5, 5.41) is 13.8. The van der Waals surface area contributed by atoms with Gasteiger partial charge in [-0.25, -0.2) is 0 Å². The van der Waals surface area contributed by atoms with E-state index in [1.165, 1.54) is 36.8 Å². The Morgan fingerprint density at radius 1 is 1.00 bits per heavy atom. The van der Waals surface area contributed by atoms with Crippen LogP contribution in [0.25, 0.3) is 11.1 Å². The Balaban J connectivity index is 1.20. The summed E-state index contributed by atoms with van der Waals surface area (Å²) >= 11 is 0. The summed E-state index contributed by atoms with van der Waals surface area (Å²) in [6.07, 6.45) is 5.17. The molecule has 4 rings (SSSR count). The van der Waals surface area contributed by atoms with Crippen molar-refractivity contribution < 1.29 is 9.84 Å². The molecular weight excluding hydrogens is 334 g/mol. The van der Waals surface area contributed by atoms with Crippen molar-refractivity contribution in [2.24, 2.45) is 17.8 Å². The Bertz CT molecular complexity index is 715. The highest BCUT2D eigenvalue weighted by Gasteiger charge is 2.41. The van der Waals surface area contributed by atoms with Gasteiger partial charge in [0.15, 0.2) is 0 Å². The summed E-state index contributed by atoms with van der Waals surface area (Å²) < 4.78 is 5.78. The minimum absolute atomic E-state index is 0.321. The molecule has 2 saturated carbocycles. The van der Waals surface area contributed by atoms with Crippen LogP contribution in [0, 0.1) is 17.8 Å². The van der Waals surface area contributed by atoms with Gasteiger partial charge in [0, 0.05) is 12.6 Å². The molecule has 3 heteroatoms. The maximum atomic E-state index is 10.3. The van der Waals surface area contributed by atoms with Crippen molar-refractivity contribution in [2.75, 3.05) is 13.2 Å². The van der Waals surface area contributed by atoms with Crippen molar-refractivity contribution in [2.45, 2.75) is 44.8 Å². The van der Waals surface area contributed by atoms with Crippen LogP contribution in [-0.4, -0.2) is 30.4 Å². The van der Waals surface area contributed by atoms with Gasteiger partial charge in [0.2, 0.25) is 0 Å². The molecule has 5 atom stereocenters. The van der Waals surface area contributed by atoms with E-state index in [1.807, 2.05) is 30.3 Å². The zero-order valence-corrected chi connectivity index (χ0v) is 16.2. The molecule has 2 aliphatic carbocycles. The van der Waals surface area contributed by atoms with Gasteiger partial charge in [0.25, 0.3) is 0 Å². The van der Waals surface area contributed by atoms with Crippen LogP contribution in [0.3, 0.4) is 0 Å². The Labute approximate surface area is 162 Å². The first kappa shape index (κ1) is 18.5. The van der Waals surface area contributed by atoms with Gasteiger partial charge in [0.05, 0.1) is 0 Å².